The number of halogens is 1. The number of nitrogens with one attached hydrogen (secondary N) is 1. The summed E-state index contributed by atoms with van der Waals surface area (Å²) in [6.45, 7) is 2.19. The van der Waals surface area contributed by atoms with Gasteiger partial charge in [-0.3, -0.25) is 5.43 Å². The van der Waals surface area contributed by atoms with Gasteiger partial charge in [0.1, 0.15) is 0 Å². The number of hydrogen-bond acceptors (Lipinski definition) is 3. The lowest BCUT2D eigenvalue weighted by molar-refractivity contribution is 1.10. The molecule has 20 heavy (non-hydrogen) atoms. The SMILES string of the molecule is CCCSc1ccc(C=NNc2ccc(Cl)cc2)cc1. The fourth-order valence-electron chi connectivity index (χ4n) is 1.58. The van der Waals surface area contributed by atoms with Gasteiger partial charge in [-0.05, 0) is 54.1 Å². The van der Waals surface area contributed by atoms with E-state index in [2.05, 4.69) is 41.7 Å². The zero-order valence-corrected chi connectivity index (χ0v) is 12.9. The third-order valence-electron chi connectivity index (χ3n) is 2.60. The molecule has 2 aromatic rings. The van der Waals surface area contributed by atoms with Gasteiger partial charge in [0, 0.05) is 9.92 Å². The molecule has 4 heteroatoms. The topological polar surface area (TPSA) is 24.4 Å². The van der Waals surface area contributed by atoms with E-state index in [1.54, 1.807) is 0 Å². The number of nitrogens with zero attached hydrogens (tertiary/aromatic N) is 1. The van der Waals surface area contributed by atoms with E-state index in [4.69, 9.17) is 11.6 Å². The Bertz CT molecular complexity index is 550. The van der Waals surface area contributed by atoms with Crippen LogP contribution in [0.4, 0.5) is 5.69 Å². The van der Waals surface area contributed by atoms with E-state index in [-0.39, 0.29) is 0 Å². The van der Waals surface area contributed by atoms with Crippen molar-refractivity contribution in [3.63, 3.8) is 0 Å². The minimum absolute atomic E-state index is 0.722. The van der Waals surface area contributed by atoms with Gasteiger partial charge in [0.2, 0.25) is 0 Å². The average Bonchev–Trinajstić information content (AvgIpc) is 2.48. The second kappa shape index (κ2) is 7.98. The van der Waals surface area contributed by atoms with Crippen molar-refractivity contribution < 1.29 is 0 Å². The molecule has 0 aliphatic rings. The lowest BCUT2D eigenvalue weighted by Gasteiger charge is -2.01. The first kappa shape index (κ1) is 14.9. The Kier molecular flexibility index (Phi) is 5.96. The highest BCUT2D eigenvalue weighted by atomic mass is 35.5. The number of hydrazone groups is 1. The summed E-state index contributed by atoms with van der Waals surface area (Å²) in [4.78, 5) is 1.30. The van der Waals surface area contributed by atoms with Gasteiger partial charge in [-0.25, -0.2) is 0 Å². The molecule has 0 aromatic heterocycles. The molecular formula is C16H17ClN2S. The van der Waals surface area contributed by atoms with Crippen molar-refractivity contribution in [3.05, 3.63) is 59.1 Å². The third-order valence-corrected chi connectivity index (χ3v) is 4.07. The van der Waals surface area contributed by atoms with Crippen LogP contribution in [-0.4, -0.2) is 12.0 Å². The summed E-state index contributed by atoms with van der Waals surface area (Å²) in [5, 5.41) is 4.93. The lowest BCUT2D eigenvalue weighted by atomic mass is 10.2. The molecule has 0 aliphatic carbocycles. The van der Waals surface area contributed by atoms with Crippen molar-refractivity contribution in [3.8, 4) is 0 Å². The largest absolute Gasteiger partial charge is 0.279 e. The van der Waals surface area contributed by atoms with Crippen molar-refractivity contribution in [1.82, 2.24) is 0 Å². The quantitative estimate of drug-likeness (QED) is 0.445. The average molecular weight is 305 g/mol. The highest BCUT2D eigenvalue weighted by molar-refractivity contribution is 7.99. The molecular weight excluding hydrogens is 288 g/mol. The Labute approximate surface area is 129 Å². The van der Waals surface area contributed by atoms with E-state index in [1.807, 2.05) is 42.2 Å². The van der Waals surface area contributed by atoms with Crippen molar-refractivity contribution >= 4 is 35.3 Å². The second-order valence-corrected chi connectivity index (χ2v) is 5.90. The smallest absolute Gasteiger partial charge is 0.0562 e. The van der Waals surface area contributed by atoms with Gasteiger partial charge < -0.3 is 0 Å². The van der Waals surface area contributed by atoms with E-state index < -0.39 is 0 Å². The molecule has 0 fully saturated rings. The Hall–Kier alpha value is -1.45. The first-order valence-corrected chi connectivity index (χ1v) is 7.92. The number of anilines is 1. The molecule has 0 aliphatic heterocycles. The Morgan fingerprint density at radius 2 is 1.80 bits per heavy atom. The highest BCUT2D eigenvalue weighted by Gasteiger charge is 1.93. The molecule has 0 heterocycles. The molecule has 0 atom stereocenters. The summed E-state index contributed by atoms with van der Waals surface area (Å²) < 4.78 is 0. The van der Waals surface area contributed by atoms with Crippen molar-refractivity contribution in [1.29, 1.82) is 0 Å². The molecule has 0 saturated carbocycles. The maximum Gasteiger partial charge on any atom is 0.0562 e. The predicted octanol–water partition coefficient (Wildman–Crippen LogP) is 5.29. The van der Waals surface area contributed by atoms with Crippen LogP contribution < -0.4 is 5.43 Å². The van der Waals surface area contributed by atoms with Crippen LogP contribution in [0, 0.1) is 0 Å². The van der Waals surface area contributed by atoms with Crippen LogP contribution >= 0.6 is 23.4 Å². The van der Waals surface area contributed by atoms with E-state index in [9.17, 15) is 0 Å². The Morgan fingerprint density at radius 3 is 2.45 bits per heavy atom. The normalized spacial score (nSPS) is 10.9. The zero-order chi connectivity index (χ0) is 14.2. The second-order valence-electron chi connectivity index (χ2n) is 4.29. The van der Waals surface area contributed by atoms with E-state index in [1.165, 1.54) is 11.3 Å². The maximum atomic E-state index is 5.82. The monoisotopic (exact) mass is 304 g/mol. The van der Waals surface area contributed by atoms with Gasteiger partial charge in [0.05, 0.1) is 11.9 Å². The molecule has 0 spiro atoms. The number of thioether (sulfide) groups is 1. The van der Waals surface area contributed by atoms with Gasteiger partial charge in [-0.2, -0.15) is 5.10 Å². The Balaban J connectivity index is 1.89. The molecule has 0 bridgehead atoms. The number of hydrogen-bond donors (Lipinski definition) is 1. The molecule has 0 radical (unpaired) electrons. The fourth-order valence-corrected chi connectivity index (χ4v) is 2.47. The number of rotatable bonds is 6. The first-order chi connectivity index (χ1) is 9.78. The molecule has 104 valence electrons. The summed E-state index contributed by atoms with van der Waals surface area (Å²) >= 11 is 7.70. The van der Waals surface area contributed by atoms with Crippen LogP contribution in [-0.2, 0) is 0 Å². The molecule has 0 saturated heterocycles. The van der Waals surface area contributed by atoms with Gasteiger partial charge in [0.15, 0.2) is 0 Å². The third kappa shape index (κ3) is 4.91. The summed E-state index contributed by atoms with van der Waals surface area (Å²) in [6.07, 6.45) is 3.00. The van der Waals surface area contributed by atoms with E-state index >= 15 is 0 Å². The number of benzene rings is 2. The van der Waals surface area contributed by atoms with Crippen LogP contribution in [0.1, 0.15) is 18.9 Å². The minimum atomic E-state index is 0.722. The van der Waals surface area contributed by atoms with E-state index in [0.717, 1.165) is 22.0 Å². The first-order valence-electron chi connectivity index (χ1n) is 6.55. The van der Waals surface area contributed by atoms with Crippen LogP contribution in [0.15, 0.2) is 58.5 Å². The van der Waals surface area contributed by atoms with Crippen LogP contribution in [0.3, 0.4) is 0 Å². The van der Waals surface area contributed by atoms with Gasteiger partial charge in [-0.1, -0.05) is 30.7 Å². The zero-order valence-electron chi connectivity index (χ0n) is 11.3. The van der Waals surface area contributed by atoms with Crippen molar-refractivity contribution in [2.45, 2.75) is 18.2 Å². The molecule has 2 nitrogen and oxygen atoms in total. The van der Waals surface area contributed by atoms with Crippen LogP contribution in [0.25, 0.3) is 0 Å². The molecule has 0 unspecified atom stereocenters. The standard InChI is InChI=1S/C16H17ClN2S/c1-2-11-20-16-9-3-13(4-10-16)12-18-19-15-7-5-14(17)6-8-15/h3-10,12,19H,2,11H2,1H3. The van der Waals surface area contributed by atoms with Crippen LogP contribution in [0.5, 0.6) is 0 Å². The molecule has 0 amide bonds. The summed E-state index contributed by atoms with van der Waals surface area (Å²) in [5.74, 6) is 1.16. The molecule has 1 N–H and O–H groups in total. The molecule has 2 rings (SSSR count). The van der Waals surface area contributed by atoms with Crippen LogP contribution in [0.2, 0.25) is 5.02 Å². The summed E-state index contributed by atoms with van der Waals surface area (Å²) in [5.41, 5.74) is 4.97. The molecule has 2 aromatic carbocycles. The minimum Gasteiger partial charge on any atom is -0.279 e. The highest BCUT2D eigenvalue weighted by Crippen LogP contribution is 2.18. The van der Waals surface area contributed by atoms with Gasteiger partial charge >= 0.3 is 0 Å². The predicted molar refractivity (Wildman–Crippen MR) is 90.1 cm³/mol. The lowest BCUT2D eigenvalue weighted by Crippen LogP contribution is -1.90. The fraction of sp³-hybridized carbons (Fsp3) is 0.188. The van der Waals surface area contributed by atoms with Crippen molar-refractivity contribution in [2.24, 2.45) is 5.10 Å². The Morgan fingerprint density at radius 1 is 1.10 bits per heavy atom. The maximum absolute atomic E-state index is 5.82. The summed E-state index contributed by atoms with van der Waals surface area (Å²) in [6, 6.07) is 15.9. The van der Waals surface area contributed by atoms with Crippen molar-refractivity contribution in [2.75, 3.05) is 11.2 Å². The van der Waals surface area contributed by atoms with E-state index in [0.29, 0.717) is 0 Å². The van der Waals surface area contributed by atoms with Gasteiger partial charge in [-0.15, -0.1) is 11.8 Å². The van der Waals surface area contributed by atoms with Gasteiger partial charge in [0.25, 0.3) is 0 Å². The summed E-state index contributed by atoms with van der Waals surface area (Å²) in [7, 11) is 0.